The molecule has 2 aromatic carbocycles. The number of carbonyl (C=O) groups excluding carboxylic acids is 1. The van der Waals surface area contributed by atoms with Gasteiger partial charge >= 0.3 is 0 Å². The molecule has 0 radical (unpaired) electrons. The molecule has 0 atom stereocenters. The first-order chi connectivity index (χ1) is 15.4. The first-order valence-corrected chi connectivity index (χ1v) is 10.0. The van der Waals surface area contributed by atoms with Crippen LogP contribution in [0, 0.1) is 24.0 Å². The molecule has 0 unspecified atom stereocenters. The Morgan fingerprint density at radius 3 is 2.53 bits per heavy atom. The van der Waals surface area contributed by atoms with Crippen molar-refractivity contribution in [1.82, 2.24) is 14.8 Å². The number of nitrogens with zero attached hydrogens (tertiary/aromatic N) is 4. The number of benzene rings is 2. The Morgan fingerprint density at radius 1 is 1.12 bits per heavy atom. The molecule has 0 aliphatic carbocycles. The molecule has 0 fully saturated rings. The van der Waals surface area contributed by atoms with Gasteiger partial charge in [0.1, 0.15) is 5.82 Å². The van der Waals surface area contributed by atoms with Crippen LogP contribution in [0.3, 0.4) is 0 Å². The number of hydrogen-bond donors (Lipinski definition) is 1. The molecule has 0 saturated heterocycles. The summed E-state index contributed by atoms with van der Waals surface area (Å²) in [4.78, 5) is 27.2. The Morgan fingerprint density at radius 2 is 1.84 bits per heavy atom. The number of non-ortho nitro benzene ring substituents is 1. The van der Waals surface area contributed by atoms with E-state index in [1.807, 2.05) is 31.2 Å². The minimum Gasteiger partial charge on any atom is -0.441 e. The highest BCUT2D eigenvalue weighted by Gasteiger charge is 2.14. The molecular formula is C23H21N5O4. The maximum absolute atomic E-state index is 12.5. The summed E-state index contributed by atoms with van der Waals surface area (Å²) in [5.41, 5.74) is 3.39. The lowest BCUT2D eigenvalue weighted by Crippen LogP contribution is -2.15. The van der Waals surface area contributed by atoms with Crippen LogP contribution >= 0.6 is 0 Å². The van der Waals surface area contributed by atoms with Gasteiger partial charge in [0.05, 0.1) is 22.5 Å². The van der Waals surface area contributed by atoms with Gasteiger partial charge in [0, 0.05) is 36.6 Å². The molecule has 2 aromatic heterocycles. The number of carbonyl (C=O) groups is 1. The molecule has 9 nitrogen and oxygen atoms in total. The van der Waals surface area contributed by atoms with Crippen molar-refractivity contribution in [3.63, 3.8) is 0 Å². The van der Waals surface area contributed by atoms with Gasteiger partial charge in [-0.05, 0) is 26.0 Å². The van der Waals surface area contributed by atoms with Crippen LogP contribution in [0.15, 0.2) is 65.2 Å². The normalized spacial score (nSPS) is 10.8. The fraction of sp³-hybridized carbons (Fsp3) is 0.174. The summed E-state index contributed by atoms with van der Waals surface area (Å²) in [5.74, 6) is 1.40. The second kappa shape index (κ2) is 8.84. The van der Waals surface area contributed by atoms with Crippen molar-refractivity contribution in [3.05, 3.63) is 88.1 Å². The van der Waals surface area contributed by atoms with Crippen LogP contribution in [0.2, 0.25) is 0 Å². The Bertz CT molecular complexity index is 1260. The summed E-state index contributed by atoms with van der Waals surface area (Å²) in [7, 11) is 0. The van der Waals surface area contributed by atoms with Crippen molar-refractivity contribution in [2.24, 2.45) is 0 Å². The van der Waals surface area contributed by atoms with E-state index in [0.717, 1.165) is 11.1 Å². The number of aromatic nitrogens is 3. The molecular weight excluding hydrogens is 410 g/mol. The number of rotatable bonds is 7. The monoisotopic (exact) mass is 431 g/mol. The predicted octanol–water partition coefficient (Wildman–Crippen LogP) is 4.62. The zero-order chi connectivity index (χ0) is 22.7. The second-order valence-electron chi connectivity index (χ2n) is 7.39. The topological polar surface area (TPSA) is 116 Å². The first-order valence-electron chi connectivity index (χ1n) is 10.0. The third-order valence-electron chi connectivity index (χ3n) is 4.86. The smallest absolute Gasteiger partial charge is 0.269 e. The Balaban J connectivity index is 1.41. The predicted molar refractivity (Wildman–Crippen MR) is 119 cm³/mol. The number of hydrogen-bond acceptors (Lipinski definition) is 6. The zero-order valence-electron chi connectivity index (χ0n) is 17.6. The van der Waals surface area contributed by atoms with Crippen molar-refractivity contribution in [3.8, 4) is 17.0 Å². The van der Waals surface area contributed by atoms with E-state index in [9.17, 15) is 14.9 Å². The van der Waals surface area contributed by atoms with Crippen molar-refractivity contribution >= 4 is 17.4 Å². The zero-order valence-corrected chi connectivity index (χ0v) is 17.6. The van der Waals surface area contributed by atoms with Crippen LogP contribution in [0.4, 0.5) is 11.5 Å². The summed E-state index contributed by atoms with van der Waals surface area (Å²) in [5, 5.41) is 18.1. The quantitative estimate of drug-likeness (QED) is 0.337. The Kier molecular flexibility index (Phi) is 5.80. The minimum absolute atomic E-state index is 0.0147. The highest BCUT2D eigenvalue weighted by Crippen LogP contribution is 2.22. The largest absolute Gasteiger partial charge is 0.441 e. The van der Waals surface area contributed by atoms with E-state index in [-0.39, 0.29) is 18.0 Å². The van der Waals surface area contributed by atoms with Crippen LogP contribution in [0.1, 0.15) is 23.6 Å². The van der Waals surface area contributed by atoms with Gasteiger partial charge in [0.2, 0.25) is 5.91 Å². The van der Waals surface area contributed by atoms with E-state index in [1.165, 1.54) is 16.8 Å². The van der Waals surface area contributed by atoms with E-state index >= 15 is 0 Å². The number of oxazole rings is 1. The molecule has 4 rings (SSSR count). The van der Waals surface area contributed by atoms with Gasteiger partial charge in [0.25, 0.3) is 5.69 Å². The van der Waals surface area contributed by atoms with E-state index in [1.54, 1.807) is 31.3 Å². The highest BCUT2D eigenvalue weighted by molar-refractivity contribution is 5.90. The van der Waals surface area contributed by atoms with E-state index < -0.39 is 4.92 Å². The molecule has 1 N–H and O–H groups in total. The molecule has 9 heteroatoms. The third kappa shape index (κ3) is 4.72. The molecule has 0 saturated carbocycles. The van der Waals surface area contributed by atoms with Gasteiger partial charge in [-0.2, -0.15) is 5.10 Å². The Hall–Kier alpha value is -4.27. The van der Waals surface area contributed by atoms with Crippen LogP contribution in [-0.2, 0) is 11.2 Å². The number of aryl methyl sites for hydroxylation is 3. The number of nitrogens with one attached hydrogen (secondary N) is 1. The summed E-state index contributed by atoms with van der Waals surface area (Å²) in [6.07, 6.45) is 2.19. The second-order valence-corrected chi connectivity index (χ2v) is 7.39. The average Bonchev–Trinajstić information content (AvgIpc) is 3.39. The van der Waals surface area contributed by atoms with Gasteiger partial charge in [0.15, 0.2) is 11.7 Å². The first kappa shape index (κ1) is 21.0. The van der Waals surface area contributed by atoms with E-state index in [2.05, 4.69) is 15.4 Å². The minimum atomic E-state index is -0.465. The van der Waals surface area contributed by atoms with E-state index in [0.29, 0.717) is 35.3 Å². The molecule has 0 aliphatic heterocycles. The lowest BCUT2D eigenvalue weighted by Gasteiger charge is -2.08. The summed E-state index contributed by atoms with van der Waals surface area (Å²) in [6, 6.07) is 15.6. The summed E-state index contributed by atoms with van der Waals surface area (Å²) >= 11 is 0. The SMILES string of the molecule is Cc1ccc(-c2cnc(CCC(=O)Nc3cc(C)nn3-c3ccc([N+](=O)[O-])cc3)o2)cc1. The molecule has 0 bridgehead atoms. The summed E-state index contributed by atoms with van der Waals surface area (Å²) in [6.45, 7) is 3.82. The fourth-order valence-electron chi connectivity index (χ4n) is 3.20. The maximum Gasteiger partial charge on any atom is 0.269 e. The van der Waals surface area contributed by atoms with Crippen LogP contribution < -0.4 is 5.32 Å². The van der Waals surface area contributed by atoms with Crippen molar-refractivity contribution in [1.29, 1.82) is 0 Å². The molecule has 0 spiro atoms. The standard InChI is InChI=1S/C23H21N5O4/c1-15-3-5-17(6-4-15)20-14-24-23(32-20)12-11-22(29)25-21-13-16(2)26-27(21)18-7-9-19(10-8-18)28(30)31/h3-10,13-14H,11-12H2,1-2H3,(H,25,29). The molecule has 2 heterocycles. The lowest BCUT2D eigenvalue weighted by atomic mass is 10.1. The van der Waals surface area contributed by atoms with Gasteiger partial charge < -0.3 is 9.73 Å². The van der Waals surface area contributed by atoms with Crippen LogP contribution in [0.25, 0.3) is 17.0 Å². The lowest BCUT2D eigenvalue weighted by molar-refractivity contribution is -0.384. The van der Waals surface area contributed by atoms with Crippen molar-refractivity contribution in [2.45, 2.75) is 26.7 Å². The maximum atomic E-state index is 12.5. The molecule has 32 heavy (non-hydrogen) atoms. The molecule has 0 aliphatic rings. The fourth-order valence-corrected chi connectivity index (χ4v) is 3.20. The average molecular weight is 431 g/mol. The molecule has 162 valence electrons. The number of nitro benzene ring substituents is 1. The number of nitro groups is 1. The highest BCUT2D eigenvalue weighted by atomic mass is 16.6. The van der Waals surface area contributed by atoms with E-state index in [4.69, 9.17) is 4.42 Å². The van der Waals surface area contributed by atoms with Gasteiger partial charge in [-0.3, -0.25) is 14.9 Å². The number of anilines is 1. The van der Waals surface area contributed by atoms with Crippen molar-refractivity contribution in [2.75, 3.05) is 5.32 Å². The van der Waals surface area contributed by atoms with Crippen LogP contribution in [0.5, 0.6) is 0 Å². The van der Waals surface area contributed by atoms with Crippen molar-refractivity contribution < 1.29 is 14.1 Å². The summed E-state index contributed by atoms with van der Waals surface area (Å²) < 4.78 is 7.31. The van der Waals surface area contributed by atoms with Gasteiger partial charge in [-0.15, -0.1) is 0 Å². The molecule has 1 amide bonds. The molecule has 4 aromatic rings. The van der Waals surface area contributed by atoms with Crippen LogP contribution in [-0.4, -0.2) is 25.6 Å². The number of amides is 1. The third-order valence-corrected chi connectivity index (χ3v) is 4.86. The van der Waals surface area contributed by atoms with Gasteiger partial charge in [-0.25, -0.2) is 9.67 Å². The Labute approximate surface area is 183 Å². The van der Waals surface area contributed by atoms with Gasteiger partial charge in [-0.1, -0.05) is 29.8 Å².